The number of hydrogen-bond donors (Lipinski definition) is 0. The number of nitrogens with zero attached hydrogens (tertiary/aromatic N) is 8. The molecule has 0 aliphatic carbocycles. The van der Waals surface area contributed by atoms with E-state index in [4.69, 9.17) is 57.4 Å². The molecule has 0 radical (unpaired) electrons. The van der Waals surface area contributed by atoms with Gasteiger partial charge in [0, 0.05) is 36.9 Å². The first kappa shape index (κ1) is 57.4. The number of pyridine rings is 4. The van der Waals surface area contributed by atoms with Crippen molar-refractivity contribution in [2.45, 2.75) is 0 Å². The molecule has 6 aromatic heterocycles. The fourth-order valence-corrected chi connectivity index (χ4v) is 11.9. The molecular formula is C50H40Ag2Cl2N8O8P2+2. The number of hydrogen-bond acceptors (Lipinski definition) is 14. The number of benzene rings is 4. The molecule has 0 fully saturated rings. The molecule has 0 unspecified atom stereocenters. The van der Waals surface area contributed by atoms with Crippen molar-refractivity contribution < 1.29 is 103 Å². The first-order chi connectivity index (χ1) is 33.8. The van der Waals surface area contributed by atoms with Crippen molar-refractivity contribution in [2.24, 2.45) is 0 Å². The standard InChI is InChI=1S/2C25H19N4P.2Ag.2ClHO4/c2*1-3-10-20(11-4-1)30(21-12-5-2-6-13-21)25-16-9-15-24(27-25)29-19-17-23(28-29)22-14-7-8-18-26-22;;;2*2-1(3,4)5/h2*1-19H;;;2*(H,2,3,4,5)/q;;2*+1;;. The zero-order valence-electron chi connectivity index (χ0n) is 37.1. The van der Waals surface area contributed by atoms with Crippen molar-refractivity contribution in [1.29, 1.82) is 0 Å². The molecule has 10 rings (SSSR count). The van der Waals surface area contributed by atoms with Crippen LogP contribution in [0.15, 0.2) is 231 Å². The Morgan fingerprint density at radius 3 is 0.889 bits per heavy atom. The molecule has 0 N–H and O–H groups in total. The van der Waals surface area contributed by atoms with Gasteiger partial charge in [0.1, 0.15) is 48.4 Å². The zero-order chi connectivity index (χ0) is 49.4. The van der Waals surface area contributed by atoms with Crippen molar-refractivity contribution in [3.8, 4) is 34.4 Å². The zero-order valence-corrected chi connectivity index (χ0v) is 43.6. The van der Waals surface area contributed by atoms with E-state index in [-0.39, 0.29) is 44.8 Å². The second-order valence-corrected chi connectivity index (χ2v) is 20.8. The Morgan fingerprint density at radius 2 is 0.611 bits per heavy atom. The second-order valence-electron chi connectivity index (χ2n) is 14.5. The average Bonchev–Trinajstić information content (AvgIpc) is 4.08. The maximum atomic E-state index is 8.49. The van der Waals surface area contributed by atoms with Crippen LogP contribution in [0.25, 0.3) is 34.4 Å². The summed E-state index contributed by atoms with van der Waals surface area (Å²) in [7, 11) is -12.3. The topological polar surface area (TPSA) is 272 Å². The minimum Gasteiger partial charge on any atom is -0.255 e. The fourth-order valence-electron chi connectivity index (χ4n) is 6.93. The van der Waals surface area contributed by atoms with Gasteiger partial charge in [0.25, 0.3) is 0 Å². The molecule has 0 amide bonds. The molecule has 0 saturated carbocycles. The van der Waals surface area contributed by atoms with Crippen LogP contribution in [0, 0.1) is 20.5 Å². The molecule has 22 heteroatoms. The smallest absolute Gasteiger partial charge is 0.255 e. The molecule has 72 heavy (non-hydrogen) atoms. The Bertz CT molecular complexity index is 2840. The Labute approximate surface area is 452 Å². The normalized spacial score (nSPS) is 10.8. The van der Waals surface area contributed by atoms with E-state index >= 15 is 0 Å². The minimum atomic E-state index is -4.94. The summed E-state index contributed by atoms with van der Waals surface area (Å²) in [6.45, 7) is 0. The van der Waals surface area contributed by atoms with E-state index in [1.165, 1.54) is 21.2 Å². The van der Waals surface area contributed by atoms with Crippen molar-refractivity contribution in [2.75, 3.05) is 0 Å². The second kappa shape index (κ2) is 28.1. The van der Waals surface area contributed by atoms with Crippen molar-refractivity contribution in [1.82, 2.24) is 39.5 Å². The van der Waals surface area contributed by atoms with E-state index in [1.807, 2.05) is 82.4 Å². The van der Waals surface area contributed by atoms with Crippen molar-refractivity contribution in [3.05, 3.63) is 231 Å². The van der Waals surface area contributed by atoms with Gasteiger partial charge in [-0.1, -0.05) is 97.1 Å². The van der Waals surface area contributed by atoms with Crippen LogP contribution < -0.4 is 69.4 Å². The summed E-state index contributed by atoms with van der Waals surface area (Å²) in [4.78, 5) is 18.8. The Hall–Kier alpha value is -5.50. The number of halogens is 2. The van der Waals surface area contributed by atoms with Crippen LogP contribution in [0.5, 0.6) is 0 Å². The third-order valence-corrected chi connectivity index (χ3v) is 15.0. The Morgan fingerprint density at radius 1 is 0.319 bits per heavy atom. The van der Waals surface area contributed by atoms with Gasteiger partial charge in [-0.3, -0.25) is 9.97 Å². The van der Waals surface area contributed by atoms with Crippen LogP contribution in [0.2, 0.25) is 0 Å². The summed E-state index contributed by atoms with van der Waals surface area (Å²) < 4.78 is 71.6. The maximum Gasteiger partial charge on any atom is 1.00 e. The molecule has 0 saturated heterocycles. The summed E-state index contributed by atoms with van der Waals surface area (Å²) in [6, 6.07) is 70.6. The van der Waals surface area contributed by atoms with Gasteiger partial charge in [0.05, 0.1) is 11.4 Å². The van der Waals surface area contributed by atoms with Crippen LogP contribution in [0.3, 0.4) is 0 Å². The van der Waals surface area contributed by atoms with Crippen molar-refractivity contribution >= 4 is 47.9 Å². The molecule has 0 bridgehead atoms. The predicted octanol–water partition coefficient (Wildman–Crippen LogP) is -1.88. The summed E-state index contributed by atoms with van der Waals surface area (Å²) in [5, 5.41) is 14.7. The van der Waals surface area contributed by atoms with Gasteiger partial charge in [-0.15, -0.1) is 20.5 Å². The Kier molecular flexibility index (Phi) is 22.4. The van der Waals surface area contributed by atoms with E-state index in [0.29, 0.717) is 0 Å². The van der Waals surface area contributed by atoms with Gasteiger partial charge < -0.3 is 0 Å². The summed E-state index contributed by atoms with van der Waals surface area (Å²) in [5.41, 5.74) is 5.55. The minimum absolute atomic E-state index is 0. The van der Waals surface area contributed by atoms with Crippen LogP contribution in [0.4, 0.5) is 0 Å². The van der Waals surface area contributed by atoms with E-state index in [0.717, 1.165) is 45.3 Å². The van der Waals surface area contributed by atoms with Crippen LogP contribution >= 0.6 is 15.8 Å². The third-order valence-electron chi connectivity index (χ3n) is 9.73. The van der Waals surface area contributed by atoms with Gasteiger partial charge in [-0.25, -0.2) is 46.6 Å². The SMILES string of the molecule is [Ag+].[Ag+].[O-][Cl+3]([O-])([O-])[O-].[O-][Cl+3]([O-])([O-])[O-].c1ccc([PH+](c2ccccc2)c2cccc(-n3ccc(-c4ccccn4)n3)n2)cc1.c1ccc([PH+](c2ccccc2)c2cccc(-n3ccc(-c4ccccn4)n3)n2)cc1. The van der Waals surface area contributed by atoms with Crippen LogP contribution in [0.1, 0.15) is 0 Å². The molecule has 10 aromatic rings. The van der Waals surface area contributed by atoms with E-state index in [1.54, 1.807) is 12.4 Å². The molecule has 0 aliphatic heterocycles. The third kappa shape index (κ3) is 17.9. The molecule has 6 heterocycles. The average molecular weight is 1230 g/mol. The van der Waals surface area contributed by atoms with Gasteiger partial charge >= 0.3 is 44.8 Å². The van der Waals surface area contributed by atoms with E-state index in [2.05, 4.69) is 156 Å². The molecule has 4 aromatic carbocycles. The molecular weight excluding hydrogens is 1190 g/mol. The van der Waals surface area contributed by atoms with Gasteiger partial charge in [0.2, 0.25) is 0 Å². The summed E-state index contributed by atoms with van der Waals surface area (Å²) in [6.07, 6.45) is 7.43. The Balaban J connectivity index is 0.000000220. The summed E-state index contributed by atoms with van der Waals surface area (Å²) >= 11 is 0. The van der Waals surface area contributed by atoms with Crippen molar-refractivity contribution in [3.63, 3.8) is 0 Å². The molecule has 372 valence electrons. The summed E-state index contributed by atoms with van der Waals surface area (Å²) in [5.74, 6) is 1.62. The number of aromatic nitrogens is 8. The largest absolute Gasteiger partial charge is 1.00 e. The first-order valence-electron chi connectivity index (χ1n) is 20.9. The van der Waals surface area contributed by atoms with Gasteiger partial charge in [0.15, 0.2) is 22.5 Å². The molecule has 0 atom stereocenters. The van der Waals surface area contributed by atoms with E-state index in [9.17, 15) is 0 Å². The predicted molar refractivity (Wildman–Crippen MR) is 249 cm³/mol. The number of rotatable bonds is 10. The monoisotopic (exact) mass is 1230 g/mol. The quantitative estimate of drug-likeness (QED) is 0.107. The maximum absolute atomic E-state index is 8.49. The van der Waals surface area contributed by atoms with Crippen LogP contribution in [-0.4, -0.2) is 39.5 Å². The van der Waals surface area contributed by atoms with Gasteiger partial charge in [-0.05, 0) is 97.1 Å². The van der Waals surface area contributed by atoms with Gasteiger partial charge in [-0.2, -0.15) is 20.2 Å². The first-order valence-corrected chi connectivity index (χ1v) is 26.3. The fraction of sp³-hybridized carbons (Fsp3) is 0. The van der Waals surface area contributed by atoms with Crippen LogP contribution in [-0.2, 0) is 44.8 Å². The molecule has 0 spiro atoms. The molecule has 0 aliphatic rings. The molecule has 16 nitrogen and oxygen atoms in total. The van der Waals surface area contributed by atoms with E-state index < -0.39 is 36.3 Å².